The predicted octanol–water partition coefficient (Wildman–Crippen LogP) is 5.19. The minimum absolute atomic E-state index is 0.000968. The maximum atomic E-state index is 14.3. The van der Waals surface area contributed by atoms with Gasteiger partial charge in [0.15, 0.2) is 0 Å². The summed E-state index contributed by atoms with van der Waals surface area (Å²) in [7, 11) is 7.95. The molecule has 1 saturated heterocycles. The molecule has 2 aromatic rings. The summed E-state index contributed by atoms with van der Waals surface area (Å²) >= 11 is 0. The number of benzene rings is 2. The van der Waals surface area contributed by atoms with Gasteiger partial charge in [0.05, 0.1) is 25.9 Å². The molecule has 0 aromatic heterocycles. The number of carbonyl (C=O) groups excluding carboxylic acids is 2. The van der Waals surface area contributed by atoms with Crippen LogP contribution in [0.3, 0.4) is 0 Å². The van der Waals surface area contributed by atoms with E-state index in [1.165, 1.54) is 6.42 Å². The molecule has 11 nitrogen and oxygen atoms in total. The Morgan fingerprint density at radius 3 is 2.39 bits per heavy atom. The van der Waals surface area contributed by atoms with E-state index in [0.717, 1.165) is 41.8 Å². The number of ether oxygens (including phenoxy) is 1. The molecule has 1 heterocycles. The highest BCUT2D eigenvalue weighted by molar-refractivity contribution is 5.97. The van der Waals surface area contributed by atoms with Crippen LogP contribution >= 0.6 is 0 Å². The number of aliphatic hydroxyl groups is 2. The van der Waals surface area contributed by atoms with E-state index < -0.39 is 24.2 Å². The van der Waals surface area contributed by atoms with E-state index >= 15 is 0 Å². The van der Waals surface area contributed by atoms with Gasteiger partial charge in [-0.2, -0.15) is 5.06 Å². The third-order valence-corrected chi connectivity index (χ3v) is 12.5. The van der Waals surface area contributed by atoms with Crippen molar-refractivity contribution in [2.24, 2.45) is 35.0 Å². The van der Waals surface area contributed by atoms with Crippen molar-refractivity contribution in [3.63, 3.8) is 0 Å². The average Bonchev–Trinajstić information content (AvgIpc) is 3.47. The van der Waals surface area contributed by atoms with Crippen LogP contribution in [0.25, 0.3) is 11.1 Å². The lowest BCUT2D eigenvalue weighted by atomic mass is 9.45. The topological polar surface area (TPSA) is 127 Å². The number of fused-ring (bicyclic) bond motifs is 2. The molecule has 4 aliphatic rings. The van der Waals surface area contributed by atoms with Gasteiger partial charge in [0.1, 0.15) is 17.9 Å². The molecule has 4 N–H and O–H groups in total. The van der Waals surface area contributed by atoms with Gasteiger partial charge in [-0.05, 0) is 100 Å². The number of aliphatic hydroxyl groups excluding tert-OH is 2. The van der Waals surface area contributed by atoms with Gasteiger partial charge in [-0.25, -0.2) is 0 Å². The molecule has 0 unspecified atom stereocenters. The highest BCUT2D eigenvalue weighted by atomic mass is 16.7. The summed E-state index contributed by atoms with van der Waals surface area (Å²) in [6.45, 7) is 15.8. The number of hydrogen-bond acceptors (Lipinski definition) is 9. The van der Waals surface area contributed by atoms with Crippen LogP contribution in [0.2, 0.25) is 0 Å². The number of hydrogen-bond donors (Lipinski definition) is 4. The molecule has 300 valence electrons. The van der Waals surface area contributed by atoms with E-state index in [1.54, 1.807) is 12.0 Å². The Morgan fingerprint density at radius 2 is 1.81 bits per heavy atom. The molecule has 4 fully saturated rings. The van der Waals surface area contributed by atoms with Crippen LogP contribution in [0.15, 0.2) is 36.4 Å². The normalized spacial score (nSPS) is 27.4. The van der Waals surface area contributed by atoms with Crippen LogP contribution < -0.4 is 20.3 Å². The van der Waals surface area contributed by atoms with Crippen LogP contribution in [0.4, 0.5) is 5.69 Å². The summed E-state index contributed by atoms with van der Waals surface area (Å²) in [5.41, 5.74) is 4.13. The first-order valence-electron chi connectivity index (χ1n) is 20.0. The molecule has 9 atom stereocenters. The van der Waals surface area contributed by atoms with Gasteiger partial charge in [-0.3, -0.25) is 14.4 Å². The Labute approximate surface area is 323 Å². The average molecular weight is 750 g/mol. The Balaban J connectivity index is 1.47. The van der Waals surface area contributed by atoms with Crippen LogP contribution in [-0.2, 0) is 16.2 Å². The Kier molecular flexibility index (Phi) is 13.4. The maximum Gasteiger partial charge on any atom is 0.251 e. The molecular weight excluding hydrogens is 683 g/mol. The van der Waals surface area contributed by atoms with E-state index in [9.17, 15) is 19.8 Å². The number of hydroxylamine groups is 2. The summed E-state index contributed by atoms with van der Waals surface area (Å²) < 4.78 is 6.38. The minimum atomic E-state index is -0.895. The molecule has 1 aliphatic heterocycles. The van der Waals surface area contributed by atoms with Gasteiger partial charge in [-0.15, -0.1) is 0 Å². The number of nitrogens with one attached hydrogen (secondary N) is 2. The maximum absolute atomic E-state index is 14.3. The molecule has 6 rings (SSSR count). The molecule has 11 heteroatoms. The largest absolute Gasteiger partial charge is 0.493 e. The van der Waals surface area contributed by atoms with Crippen molar-refractivity contribution >= 4 is 17.5 Å². The first kappa shape index (κ1) is 41.9. The summed E-state index contributed by atoms with van der Waals surface area (Å²) in [5, 5.41) is 29.7. The van der Waals surface area contributed by atoms with Gasteiger partial charge in [0.2, 0.25) is 5.91 Å². The molecule has 54 heavy (non-hydrogen) atoms. The smallest absolute Gasteiger partial charge is 0.251 e. The molecule has 3 saturated carbocycles. The Morgan fingerprint density at radius 1 is 1.09 bits per heavy atom. The predicted molar refractivity (Wildman–Crippen MR) is 214 cm³/mol. The second-order valence-electron chi connectivity index (χ2n) is 17.7. The van der Waals surface area contributed by atoms with Crippen molar-refractivity contribution in [1.82, 2.24) is 20.6 Å². The number of rotatable bonds is 16. The van der Waals surface area contributed by atoms with Crippen molar-refractivity contribution in [3.8, 4) is 16.9 Å². The zero-order valence-electron chi connectivity index (χ0n) is 34.6. The molecule has 3 aliphatic carbocycles. The summed E-state index contributed by atoms with van der Waals surface area (Å²) in [6.07, 6.45) is 1.36. The fourth-order valence-electron chi connectivity index (χ4n) is 9.52. The third-order valence-electron chi connectivity index (χ3n) is 12.5. The second kappa shape index (κ2) is 17.3. The van der Waals surface area contributed by atoms with Crippen LogP contribution in [0.5, 0.6) is 5.75 Å². The Hall–Kier alpha value is -3.22. The van der Waals surface area contributed by atoms with E-state index in [1.807, 2.05) is 70.3 Å². The summed E-state index contributed by atoms with van der Waals surface area (Å²) in [4.78, 5) is 38.6. The molecule has 2 aromatic carbocycles. The quantitative estimate of drug-likeness (QED) is 0.184. The summed E-state index contributed by atoms with van der Waals surface area (Å²) in [5.74, 6) is 1.56. The van der Waals surface area contributed by atoms with Crippen molar-refractivity contribution < 1.29 is 29.4 Å². The zero-order valence-corrected chi connectivity index (χ0v) is 34.6. The van der Waals surface area contributed by atoms with E-state index in [-0.39, 0.29) is 42.5 Å². The lowest BCUT2D eigenvalue weighted by Crippen LogP contribution is -2.62. The first-order valence-corrected chi connectivity index (χ1v) is 20.0. The van der Waals surface area contributed by atoms with Gasteiger partial charge in [0, 0.05) is 61.0 Å². The number of likely N-dealkylation sites (N-methyl/N-ethyl adjacent to an activating group) is 1. The molecular formula is C43H67N5O6. The van der Waals surface area contributed by atoms with Crippen molar-refractivity contribution in [2.45, 2.75) is 105 Å². The fourth-order valence-corrected chi connectivity index (χ4v) is 9.52. The van der Waals surface area contributed by atoms with E-state index in [0.29, 0.717) is 41.6 Å². The fraction of sp³-hybridized carbons (Fsp3) is 0.674. The van der Waals surface area contributed by atoms with Crippen molar-refractivity contribution in [1.29, 1.82) is 0 Å². The molecule has 2 bridgehead atoms. The highest BCUT2D eigenvalue weighted by Crippen LogP contribution is 2.61. The zero-order chi connectivity index (χ0) is 39.6. The number of carbonyl (C=O) groups is 2. The van der Waals surface area contributed by atoms with E-state index in [4.69, 9.17) is 9.57 Å². The van der Waals surface area contributed by atoms with Gasteiger partial charge >= 0.3 is 0 Å². The Bertz CT molecular complexity index is 1600. The number of anilines is 1. The van der Waals surface area contributed by atoms with Crippen molar-refractivity contribution in [2.75, 3.05) is 52.8 Å². The SMILES string of the molecule is CCOc1c(CN2O[C@@H](CO)[C@@H]([C@H](C)O)[C@H]2C(=O)N[C@H]2C[C@@H]3C[C@H]([C@@H]2C)C3(C)C)cccc1-c1cc(C(=O)N[C@@H](CC(C)C)CN(C)C)cc(N(C)C)c1. The van der Waals surface area contributed by atoms with E-state index in [2.05, 4.69) is 56.2 Å². The highest BCUT2D eigenvalue weighted by Gasteiger charge is 2.57. The van der Waals surface area contributed by atoms with Crippen LogP contribution in [-0.4, -0.2) is 110 Å². The minimum Gasteiger partial charge on any atom is -0.493 e. The van der Waals surface area contributed by atoms with Gasteiger partial charge in [-0.1, -0.05) is 52.8 Å². The van der Waals surface area contributed by atoms with Crippen LogP contribution in [0, 0.1) is 35.0 Å². The molecule has 0 spiro atoms. The van der Waals surface area contributed by atoms with Crippen molar-refractivity contribution in [3.05, 3.63) is 47.5 Å². The lowest BCUT2D eigenvalue weighted by molar-refractivity contribution is -0.183. The monoisotopic (exact) mass is 750 g/mol. The number of amides is 2. The summed E-state index contributed by atoms with van der Waals surface area (Å²) in [6, 6.07) is 11.0. The number of para-hydroxylation sites is 1. The molecule has 0 radical (unpaired) electrons. The third kappa shape index (κ3) is 8.91. The first-order chi connectivity index (χ1) is 25.5. The standard InChI is InChI=1S/C43H67N5O6/c1-12-53-40-28(14-13-15-34(40)29-17-30(19-33(18-29)47(10)11)41(51)44-32(16-25(2)3)23-46(8)9)22-48-39(38(27(5)50)37(24-49)54-48)42(52)45-36-21-31-20-35(26(36)4)43(31,6)7/h13-15,17-19,25-27,31-32,35-39,49-50H,12,16,20-24H2,1-11H3,(H,44,51)(H,45,52)/t26-,27-,31-,32-,35+,36-,37-,38+,39-/m0/s1. The number of nitrogens with zero attached hydrogens (tertiary/aromatic N) is 3. The molecule has 2 amide bonds. The van der Waals surface area contributed by atoms with Crippen LogP contribution in [0.1, 0.15) is 83.7 Å². The van der Waals surface area contributed by atoms with Gasteiger partial charge < -0.3 is 35.4 Å². The second-order valence-corrected chi connectivity index (χ2v) is 17.7. The van der Waals surface area contributed by atoms with Gasteiger partial charge in [0.25, 0.3) is 5.91 Å². The lowest BCUT2D eigenvalue weighted by Gasteiger charge is -2.62.